The number of aryl methyl sites for hydroxylation is 2. The van der Waals surface area contributed by atoms with Crippen molar-refractivity contribution >= 4 is 0 Å². The fraction of sp³-hybridized carbons (Fsp3) is 0.300. The van der Waals surface area contributed by atoms with Crippen LogP contribution >= 0.6 is 0 Å². The molecule has 2 atom stereocenters. The maximum absolute atomic E-state index is 2.67. The Morgan fingerprint density at radius 3 is 1.80 bits per heavy atom. The zero-order valence-corrected chi connectivity index (χ0v) is 31.6. The predicted molar refractivity (Wildman–Crippen MR) is 218 cm³/mol. The minimum absolute atomic E-state index is 0.0288. The van der Waals surface area contributed by atoms with Crippen molar-refractivity contribution in [3.8, 4) is 55.8 Å². The molecule has 1 aliphatic heterocycles. The van der Waals surface area contributed by atoms with Crippen molar-refractivity contribution in [1.82, 2.24) is 0 Å². The van der Waals surface area contributed by atoms with Crippen molar-refractivity contribution in [2.75, 3.05) is 0 Å². The Labute approximate surface area is 307 Å². The number of rotatable bonds is 11. The van der Waals surface area contributed by atoms with Gasteiger partial charge in [0.1, 0.15) is 0 Å². The van der Waals surface area contributed by atoms with Crippen molar-refractivity contribution in [3.05, 3.63) is 150 Å². The molecule has 0 radical (unpaired) electrons. The molecule has 0 aliphatic carbocycles. The molecule has 0 spiro atoms. The molecule has 51 heavy (non-hydrogen) atoms. The number of hydrogen-bond acceptors (Lipinski definition) is 0. The zero-order valence-electron chi connectivity index (χ0n) is 31.6. The van der Waals surface area contributed by atoms with Gasteiger partial charge >= 0.3 is 0 Å². The van der Waals surface area contributed by atoms with Crippen LogP contribution in [0.4, 0.5) is 0 Å². The minimum atomic E-state index is 0.0288. The van der Waals surface area contributed by atoms with E-state index in [-0.39, 0.29) is 11.0 Å². The van der Waals surface area contributed by atoms with Gasteiger partial charge in [0.05, 0.1) is 11.0 Å². The first kappa shape index (κ1) is 34.7. The minimum Gasteiger partial charge on any atom is -0.192 e. The van der Waals surface area contributed by atoms with Gasteiger partial charge < -0.3 is 0 Å². The molecular formula is C50H54N+. The van der Waals surface area contributed by atoms with E-state index in [2.05, 4.69) is 180 Å². The third-order valence-electron chi connectivity index (χ3n) is 12.2. The van der Waals surface area contributed by atoms with Crippen LogP contribution in [-0.2, 0) is 17.4 Å². The summed E-state index contributed by atoms with van der Waals surface area (Å²) in [7, 11) is 0. The summed E-state index contributed by atoms with van der Waals surface area (Å²) in [6, 6.07) is 48.2. The number of fused-ring (bicyclic) bond motifs is 3. The van der Waals surface area contributed by atoms with Crippen LogP contribution in [0.2, 0.25) is 0 Å². The van der Waals surface area contributed by atoms with E-state index in [0.717, 1.165) is 19.3 Å². The van der Waals surface area contributed by atoms with Crippen LogP contribution in [0.15, 0.2) is 134 Å². The molecule has 0 fully saturated rings. The molecule has 2 unspecified atom stereocenters. The Balaban J connectivity index is 1.36. The van der Waals surface area contributed by atoms with Crippen molar-refractivity contribution < 1.29 is 4.57 Å². The second-order valence-electron chi connectivity index (χ2n) is 15.0. The number of pyridine rings is 1. The lowest BCUT2D eigenvalue weighted by atomic mass is 9.58. The van der Waals surface area contributed by atoms with Crippen molar-refractivity contribution in [1.29, 1.82) is 0 Å². The Hall–Kier alpha value is -4.75. The normalized spacial score (nSPS) is 17.9. The van der Waals surface area contributed by atoms with E-state index in [0.29, 0.717) is 0 Å². The summed E-state index contributed by atoms with van der Waals surface area (Å²) in [5, 5.41) is 0. The van der Waals surface area contributed by atoms with Crippen LogP contribution in [0.25, 0.3) is 55.8 Å². The second kappa shape index (κ2) is 14.5. The van der Waals surface area contributed by atoms with E-state index in [4.69, 9.17) is 0 Å². The lowest BCUT2D eigenvalue weighted by molar-refractivity contribution is -0.770. The summed E-state index contributed by atoms with van der Waals surface area (Å²) in [6.45, 7) is 14.2. The maximum atomic E-state index is 2.67. The summed E-state index contributed by atoms with van der Waals surface area (Å²) in [4.78, 5) is 0. The van der Waals surface area contributed by atoms with Gasteiger partial charge in [-0.25, -0.2) is 0 Å². The Bertz CT molecular complexity index is 2160. The largest absolute Gasteiger partial charge is 0.216 e. The average molecular weight is 669 g/mol. The highest BCUT2D eigenvalue weighted by atomic mass is 15.1. The van der Waals surface area contributed by atoms with Crippen LogP contribution in [0, 0.1) is 6.92 Å². The van der Waals surface area contributed by atoms with Gasteiger partial charge in [-0.1, -0.05) is 119 Å². The summed E-state index contributed by atoms with van der Waals surface area (Å²) in [6.07, 6.45) is 10.5. The standard InChI is InChI=1S/C50H54N/c1-7-11-19-37-20-15-23-39(30-37)44-32-43(38-21-13-12-14-22-38)33-45(34-44)41-25-16-24-40(31-41)42-26-27-47-46(35-42)48-36(5)18-17-29-51(48)50(10-4,28-8-2)49(47,6)9-3/h12-18,20-27,29-35H,7-11,19,28H2,1-6H3/q+1. The fourth-order valence-electron chi connectivity index (χ4n) is 9.22. The van der Waals surface area contributed by atoms with E-state index in [1.807, 2.05) is 0 Å². The van der Waals surface area contributed by atoms with Crippen LogP contribution in [0.5, 0.6) is 0 Å². The number of aromatic nitrogens is 1. The average Bonchev–Trinajstić information content (AvgIpc) is 3.18. The number of hydrogen-bond donors (Lipinski definition) is 0. The zero-order chi connectivity index (χ0) is 35.6. The lowest BCUT2D eigenvalue weighted by Crippen LogP contribution is -2.69. The second-order valence-corrected chi connectivity index (χ2v) is 15.0. The molecule has 6 aromatic rings. The quantitative estimate of drug-likeness (QED) is 0.121. The van der Waals surface area contributed by atoms with Crippen molar-refractivity contribution in [2.24, 2.45) is 0 Å². The first-order valence-corrected chi connectivity index (χ1v) is 19.4. The monoisotopic (exact) mass is 668 g/mol. The molecule has 0 bridgehead atoms. The molecule has 0 amide bonds. The molecule has 7 rings (SSSR count). The molecular weight excluding hydrogens is 615 g/mol. The van der Waals surface area contributed by atoms with Crippen LogP contribution in [-0.4, -0.2) is 0 Å². The highest BCUT2D eigenvalue weighted by molar-refractivity contribution is 5.84. The third-order valence-corrected chi connectivity index (χ3v) is 12.2. The first-order chi connectivity index (χ1) is 24.9. The first-order valence-electron chi connectivity index (χ1n) is 19.4. The maximum Gasteiger partial charge on any atom is 0.216 e. The molecule has 1 aromatic heterocycles. The Morgan fingerprint density at radius 1 is 0.529 bits per heavy atom. The lowest BCUT2D eigenvalue weighted by Gasteiger charge is -2.48. The Kier molecular flexibility index (Phi) is 9.84. The molecule has 0 saturated carbocycles. The molecule has 1 heteroatoms. The summed E-state index contributed by atoms with van der Waals surface area (Å²) in [5.41, 5.74) is 17.1. The molecule has 258 valence electrons. The molecule has 0 saturated heterocycles. The smallest absolute Gasteiger partial charge is 0.192 e. The van der Waals surface area contributed by atoms with Gasteiger partial charge in [0.2, 0.25) is 5.69 Å². The highest BCUT2D eigenvalue weighted by Gasteiger charge is 2.58. The van der Waals surface area contributed by atoms with E-state index < -0.39 is 0 Å². The fourth-order valence-corrected chi connectivity index (χ4v) is 9.22. The Morgan fingerprint density at radius 2 is 1.14 bits per heavy atom. The van der Waals surface area contributed by atoms with Gasteiger partial charge in [-0.05, 0) is 132 Å². The molecule has 0 N–H and O–H groups in total. The topological polar surface area (TPSA) is 3.88 Å². The molecule has 1 nitrogen and oxygen atoms in total. The molecule has 1 aliphatic rings. The van der Waals surface area contributed by atoms with Crippen LogP contribution < -0.4 is 4.57 Å². The van der Waals surface area contributed by atoms with E-state index in [1.54, 1.807) is 0 Å². The predicted octanol–water partition coefficient (Wildman–Crippen LogP) is 13.5. The van der Waals surface area contributed by atoms with Gasteiger partial charge in [0.15, 0.2) is 11.7 Å². The van der Waals surface area contributed by atoms with Gasteiger partial charge in [-0.3, -0.25) is 0 Å². The molecule has 2 heterocycles. The third kappa shape index (κ3) is 6.16. The van der Waals surface area contributed by atoms with E-state index >= 15 is 0 Å². The van der Waals surface area contributed by atoms with E-state index in [1.165, 1.54) is 98.1 Å². The van der Waals surface area contributed by atoms with Crippen LogP contribution in [0.3, 0.4) is 0 Å². The van der Waals surface area contributed by atoms with Crippen molar-refractivity contribution in [3.63, 3.8) is 0 Å². The van der Waals surface area contributed by atoms with Gasteiger partial charge in [0.25, 0.3) is 0 Å². The SMILES string of the molecule is CCCCc1cccc(-c2cc(-c3ccccc3)cc(-c3cccc(-c4ccc5c(c4)-c4c(C)ccc[n+]4C(CC)(CCC)C5(C)CC)c3)c2)c1. The van der Waals surface area contributed by atoms with Gasteiger partial charge in [-0.2, -0.15) is 4.57 Å². The highest BCUT2D eigenvalue weighted by Crippen LogP contribution is 2.52. The van der Waals surface area contributed by atoms with Crippen molar-refractivity contribution in [2.45, 2.75) is 97.4 Å². The summed E-state index contributed by atoms with van der Waals surface area (Å²) < 4.78 is 2.67. The van der Waals surface area contributed by atoms with E-state index in [9.17, 15) is 0 Å². The van der Waals surface area contributed by atoms with Gasteiger partial charge in [0, 0.05) is 24.5 Å². The number of benzene rings is 5. The van der Waals surface area contributed by atoms with Gasteiger partial charge in [-0.15, -0.1) is 0 Å². The number of unbranched alkanes of at least 4 members (excludes halogenated alkanes) is 1. The number of nitrogens with zero attached hydrogens (tertiary/aromatic N) is 1. The molecule has 5 aromatic carbocycles. The van der Waals surface area contributed by atoms with Crippen LogP contribution in [0.1, 0.15) is 89.8 Å². The summed E-state index contributed by atoms with van der Waals surface area (Å²) in [5.74, 6) is 0. The summed E-state index contributed by atoms with van der Waals surface area (Å²) >= 11 is 0.